The number of hydrazine groups is 1. The minimum absolute atomic E-state index is 0.267. The van der Waals surface area contributed by atoms with Gasteiger partial charge >= 0.3 is 0 Å². The van der Waals surface area contributed by atoms with Gasteiger partial charge in [-0.2, -0.15) is 0 Å². The fraction of sp³-hybridized carbons (Fsp3) is 0.176. The molecule has 2 aromatic carbocycles. The van der Waals surface area contributed by atoms with Crippen molar-refractivity contribution in [2.75, 3.05) is 7.11 Å². The second kappa shape index (κ2) is 8.95. The first-order valence-corrected chi connectivity index (χ1v) is 7.66. The van der Waals surface area contributed by atoms with Crippen LogP contribution in [0.25, 0.3) is 0 Å². The smallest absolute Gasteiger partial charge is 0.269 e. The third-order valence-corrected chi connectivity index (χ3v) is 3.43. The van der Waals surface area contributed by atoms with Crippen LogP contribution in [0, 0.1) is 5.82 Å². The van der Waals surface area contributed by atoms with E-state index < -0.39 is 0 Å². The van der Waals surface area contributed by atoms with Gasteiger partial charge in [0, 0.05) is 19.2 Å². The Morgan fingerprint density at radius 2 is 1.67 bits per heavy atom. The predicted molar refractivity (Wildman–Crippen MR) is 93.6 cm³/mol. The fourth-order valence-electron chi connectivity index (χ4n) is 1.93. The Kier molecular flexibility index (Phi) is 6.65. The van der Waals surface area contributed by atoms with Crippen LogP contribution in [0.3, 0.4) is 0 Å². The summed E-state index contributed by atoms with van der Waals surface area (Å²) in [6, 6.07) is 13.1. The number of amides is 1. The zero-order chi connectivity index (χ0) is 17.4. The predicted octanol–water partition coefficient (Wildman–Crippen LogP) is 2.28. The van der Waals surface area contributed by atoms with Gasteiger partial charge in [-0.25, -0.2) is 4.39 Å². The molecule has 5 nitrogen and oxygen atoms in total. The fourth-order valence-corrected chi connectivity index (χ4v) is 2.06. The maximum absolute atomic E-state index is 12.8. The number of hydrogen-bond donors (Lipinski definition) is 3. The quantitative estimate of drug-likeness (QED) is 0.572. The Hall–Kier alpha value is -2.51. The molecular weight excluding hydrogens is 329 g/mol. The number of methoxy groups -OCH3 is 1. The molecule has 126 valence electrons. The number of thiocarbonyl (C=S) groups is 1. The number of rotatable bonds is 5. The molecule has 0 saturated carbocycles. The molecule has 0 aliphatic heterocycles. The van der Waals surface area contributed by atoms with E-state index in [4.69, 9.17) is 17.0 Å². The van der Waals surface area contributed by atoms with Crippen molar-refractivity contribution >= 4 is 23.2 Å². The highest BCUT2D eigenvalue weighted by Gasteiger charge is 2.05. The second-order valence-corrected chi connectivity index (χ2v) is 5.43. The van der Waals surface area contributed by atoms with Crippen LogP contribution in [0.2, 0.25) is 0 Å². The summed E-state index contributed by atoms with van der Waals surface area (Å²) >= 11 is 5.08. The molecule has 2 aromatic rings. The van der Waals surface area contributed by atoms with Crippen molar-refractivity contribution in [3.63, 3.8) is 0 Å². The number of ether oxygens (including phenoxy) is 1. The van der Waals surface area contributed by atoms with Crippen molar-refractivity contribution in [1.82, 2.24) is 16.2 Å². The number of carbonyl (C=O) groups excluding carboxylic acids is 1. The standard InChI is InChI=1S/C17H18FN3O2S/c1-23-11-13-2-6-14(7-3-13)16(22)20-21-17(24)19-10-12-4-8-15(18)9-5-12/h2-9H,10-11H2,1H3,(H,20,22)(H2,19,21,24). The number of nitrogens with one attached hydrogen (secondary N) is 3. The van der Waals surface area contributed by atoms with Gasteiger partial charge in [0.05, 0.1) is 6.61 Å². The molecule has 2 rings (SSSR count). The lowest BCUT2D eigenvalue weighted by Crippen LogP contribution is -2.46. The number of benzene rings is 2. The molecule has 0 aliphatic rings. The molecule has 0 saturated heterocycles. The van der Waals surface area contributed by atoms with Crippen molar-refractivity contribution in [2.45, 2.75) is 13.2 Å². The lowest BCUT2D eigenvalue weighted by atomic mass is 10.1. The molecule has 0 radical (unpaired) electrons. The summed E-state index contributed by atoms with van der Waals surface area (Å²) in [5, 5.41) is 3.19. The Bertz CT molecular complexity index is 690. The van der Waals surface area contributed by atoms with E-state index in [1.54, 1.807) is 31.4 Å². The maximum Gasteiger partial charge on any atom is 0.269 e. The molecule has 0 aromatic heterocycles. The van der Waals surface area contributed by atoms with Gasteiger partial charge in [-0.3, -0.25) is 15.6 Å². The topological polar surface area (TPSA) is 62.4 Å². The molecule has 0 bridgehead atoms. The van der Waals surface area contributed by atoms with E-state index in [9.17, 15) is 9.18 Å². The number of halogens is 1. The molecule has 7 heteroatoms. The summed E-state index contributed by atoms with van der Waals surface area (Å²) in [6.07, 6.45) is 0. The van der Waals surface area contributed by atoms with Crippen LogP contribution in [0.5, 0.6) is 0 Å². The van der Waals surface area contributed by atoms with E-state index in [1.165, 1.54) is 12.1 Å². The summed E-state index contributed by atoms with van der Waals surface area (Å²) < 4.78 is 17.8. The lowest BCUT2D eigenvalue weighted by Gasteiger charge is -2.12. The first-order valence-electron chi connectivity index (χ1n) is 7.25. The van der Waals surface area contributed by atoms with E-state index in [1.807, 2.05) is 12.1 Å². The van der Waals surface area contributed by atoms with Gasteiger partial charge in [0.1, 0.15) is 5.82 Å². The Morgan fingerprint density at radius 3 is 2.29 bits per heavy atom. The molecule has 0 aliphatic carbocycles. The van der Waals surface area contributed by atoms with Crippen LogP contribution in [0.1, 0.15) is 21.5 Å². The molecule has 1 amide bonds. The summed E-state index contributed by atoms with van der Waals surface area (Å²) in [5.74, 6) is -0.590. The highest BCUT2D eigenvalue weighted by molar-refractivity contribution is 7.80. The summed E-state index contributed by atoms with van der Waals surface area (Å²) in [4.78, 5) is 12.0. The van der Waals surface area contributed by atoms with Crippen molar-refractivity contribution in [3.8, 4) is 0 Å². The van der Waals surface area contributed by atoms with Crippen LogP contribution in [-0.2, 0) is 17.9 Å². The zero-order valence-electron chi connectivity index (χ0n) is 13.1. The van der Waals surface area contributed by atoms with Gasteiger partial charge in [0.2, 0.25) is 0 Å². The molecule has 0 heterocycles. The van der Waals surface area contributed by atoms with E-state index in [2.05, 4.69) is 16.2 Å². The maximum atomic E-state index is 12.8. The molecule has 3 N–H and O–H groups in total. The summed E-state index contributed by atoms with van der Waals surface area (Å²) in [6.45, 7) is 0.922. The van der Waals surface area contributed by atoms with Crippen molar-refractivity contribution in [1.29, 1.82) is 0 Å². The van der Waals surface area contributed by atoms with Gasteiger partial charge in [-0.05, 0) is 47.6 Å². The summed E-state index contributed by atoms with van der Waals surface area (Å²) in [7, 11) is 1.62. The number of hydrogen-bond acceptors (Lipinski definition) is 3. The monoisotopic (exact) mass is 347 g/mol. The molecular formula is C17H18FN3O2S. The van der Waals surface area contributed by atoms with Gasteiger partial charge in [-0.1, -0.05) is 24.3 Å². The highest BCUT2D eigenvalue weighted by atomic mass is 32.1. The van der Waals surface area contributed by atoms with E-state index in [-0.39, 0.29) is 16.8 Å². The van der Waals surface area contributed by atoms with Crippen LogP contribution in [0.15, 0.2) is 48.5 Å². The Balaban J connectivity index is 1.76. The third kappa shape index (κ3) is 5.60. The average Bonchev–Trinajstić information content (AvgIpc) is 2.60. The minimum atomic E-state index is -0.301. The van der Waals surface area contributed by atoms with E-state index in [0.717, 1.165) is 11.1 Å². The van der Waals surface area contributed by atoms with Crippen LogP contribution >= 0.6 is 12.2 Å². The largest absolute Gasteiger partial charge is 0.380 e. The molecule has 0 unspecified atom stereocenters. The average molecular weight is 347 g/mol. The SMILES string of the molecule is COCc1ccc(C(=O)NNC(=S)NCc2ccc(F)cc2)cc1. The lowest BCUT2D eigenvalue weighted by molar-refractivity contribution is 0.0943. The minimum Gasteiger partial charge on any atom is -0.380 e. The zero-order valence-corrected chi connectivity index (χ0v) is 14.0. The molecule has 24 heavy (non-hydrogen) atoms. The molecule has 0 spiro atoms. The Morgan fingerprint density at radius 1 is 1.04 bits per heavy atom. The van der Waals surface area contributed by atoms with Gasteiger partial charge in [0.15, 0.2) is 5.11 Å². The first kappa shape index (κ1) is 17.8. The molecule has 0 fully saturated rings. The second-order valence-electron chi connectivity index (χ2n) is 5.02. The normalized spacial score (nSPS) is 10.1. The van der Waals surface area contributed by atoms with Crippen molar-refractivity contribution in [2.24, 2.45) is 0 Å². The Labute approximate surface area is 145 Å². The van der Waals surface area contributed by atoms with Crippen LogP contribution < -0.4 is 16.2 Å². The van der Waals surface area contributed by atoms with Gasteiger partial charge < -0.3 is 10.1 Å². The summed E-state index contributed by atoms with van der Waals surface area (Å²) in [5.41, 5.74) is 7.50. The highest BCUT2D eigenvalue weighted by Crippen LogP contribution is 2.05. The van der Waals surface area contributed by atoms with Gasteiger partial charge in [0.25, 0.3) is 5.91 Å². The first-order chi connectivity index (χ1) is 11.6. The van der Waals surface area contributed by atoms with E-state index in [0.29, 0.717) is 18.7 Å². The van der Waals surface area contributed by atoms with Crippen molar-refractivity contribution in [3.05, 3.63) is 71.0 Å². The van der Waals surface area contributed by atoms with Crippen molar-refractivity contribution < 1.29 is 13.9 Å². The van der Waals surface area contributed by atoms with E-state index >= 15 is 0 Å². The van der Waals surface area contributed by atoms with Gasteiger partial charge in [-0.15, -0.1) is 0 Å². The number of carbonyl (C=O) groups is 1. The molecule has 0 atom stereocenters. The van der Waals surface area contributed by atoms with Crippen LogP contribution in [-0.4, -0.2) is 18.1 Å². The third-order valence-electron chi connectivity index (χ3n) is 3.18. The van der Waals surface area contributed by atoms with Crippen LogP contribution in [0.4, 0.5) is 4.39 Å².